The van der Waals surface area contributed by atoms with Gasteiger partial charge in [0.1, 0.15) is 11.4 Å². The number of H-pyrrole nitrogens is 1. The number of benzene rings is 2. The van der Waals surface area contributed by atoms with Crippen molar-refractivity contribution in [2.45, 2.75) is 39.5 Å². The largest absolute Gasteiger partial charge is 0.497 e. The van der Waals surface area contributed by atoms with Crippen molar-refractivity contribution in [3.8, 4) is 17.0 Å². The summed E-state index contributed by atoms with van der Waals surface area (Å²) in [5.41, 5.74) is 5.51. The molecule has 0 saturated carbocycles. The van der Waals surface area contributed by atoms with Gasteiger partial charge in [0.05, 0.1) is 24.9 Å². The van der Waals surface area contributed by atoms with Crippen molar-refractivity contribution in [3.05, 3.63) is 65.4 Å². The molecule has 1 heterocycles. The number of carbonyl (C=O) groups is 1. The Morgan fingerprint density at radius 3 is 2.50 bits per heavy atom. The molecule has 0 unspecified atom stereocenters. The Kier molecular flexibility index (Phi) is 5.54. The number of amides is 1. The molecule has 0 saturated heterocycles. The average Bonchev–Trinajstić information content (AvgIpc) is 3.01. The Balaban J connectivity index is 1.80. The first-order chi connectivity index (χ1) is 13.3. The summed E-state index contributed by atoms with van der Waals surface area (Å²) in [6.45, 7) is 8.46. The van der Waals surface area contributed by atoms with Gasteiger partial charge in [-0.3, -0.25) is 9.89 Å². The van der Waals surface area contributed by atoms with Gasteiger partial charge in [0.25, 0.3) is 0 Å². The molecule has 1 aromatic heterocycles. The second-order valence-electron chi connectivity index (χ2n) is 7.98. The van der Waals surface area contributed by atoms with Crippen LogP contribution in [0, 0.1) is 6.92 Å². The molecule has 3 rings (SSSR count). The van der Waals surface area contributed by atoms with Crippen LogP contribution in [0.5, 0.6) is 5.75 Å². The van der Waals surface area contributed by atoms with Gasteiger partial charge in [-0.05, 0) is 35.6 Å². The van der Waals surface area contributed by atoms with Crippen molar-refractivity contribution in [1.29, 1.82) is 0 Å². The van der Waals surface area contributed by atoms with Gasteiger partial charge in [-0.2, -0.15) is 5.10 Å². The number of hydrogen-bond donors (Lipinski definition) is 2. The summed E-state index contributed by atoms with van der Waals surface area (Å²) in [5, 5.41) is 10.4. The van der Waals surface area contributed by atoms with Crippen molar-refractivity contribution in [2.75, 3.05) is 12.4 Å². The van der Waals surface area contributed by atoms with Gasteiger partial charge in [-0.1, -0.05) is 57.2 Å². The maximum Gasteiger partial charge on any atom is 0.228 e. The number of carbonyl (C=O) groups excluding carboxylic acids is 1. The van der Waals surface area contributed by atoms with E-state index in [-0.39, 0.29) is 17.7 Å². The van der Waals surface area contributed by atoms with Crippen molar-refractivity contribution in [1.82, 2.24) is 10.2 Å². The van der Waals surface area contributed by atoms with E-state index in [1.807, 2.05) is 43.3 Å². The van der Waals surface area contributed by atoms with Crippen LogP contribution in [0.3, 0.4) is 0 Å². The lowest BCUT2D eigenvalue weighted by molar-refractivity contribution is -0.115. The van der Waals surface area contributed by atoms with E-state index in [1.54, 1.807) is 7.11 Å². The van der Waals surface area contributed by atoms with Crippen LogP contribution >= 0.6 is 0 Å². The molecule has 0 spiro atoms. The Labute approximate surface area is 166 Å². The Morgan fingerprint density at radius 2 is 1.86 bits per heavy atom. The summed E-state index contributed by atoms with van der Waals surface area (Å²) in [5.74, 6) is 0.648. The highest BCUT2D eigenvalue weighted by atomic mass is 16.5. The van der Waals surface area contributed by atoms with Crippen LogP contribution in [0.15, 0.2) is 48.5 Å². The SMILES string of the molecule is COc1cccc(CC(=O)Nc2c(-c3ccc(C(C)(C)C)cc3)n[nH]c2C)c1. The monoisotopic (exact) mass is 377 g/mol. The van der Waals surface area contributed by atoms with Gasteiger partial charge in [0.15, 0.2) is 0 Å². The summed E-state index contributed by atoms with van der Waals surface area (Å²) < 4.78 is 5.23. The van der Waals surface area contributed by atoms with Gasteiger partial charge < -0.3 is 10.1 Å². The number of aromatic nitrogens is 2. The number of methoxy groups -OCH3 is 1. The number of aryl methyl sites for hydroxylation is 1. The van der Waals surface area contributed by atoms with Crippen molar-refractivity contribution in [3.63, 3.8) is 0 Å². The highest BCUT2D eigenvalue weighted by molar-refractivity contribution is 5.96. The quantitative estimate of drug-likeness (QED) is 0.666. The van der Waals surface area contributed by atoms with Gasteiger partial charge in [0, 0.05) is 5.56 Å². The lowest BCUT2D eigenvalue weighted by atomic mass is 9.86. The van der Waals surface area contributed by atoms with E-state index in [2.05, 4.69) is 48.4 Å². The molecule has 0 bridgehead atoms. The molecule has 0 aliphatic carbocycles. The molecule has 0 fully saturated rings. The molecular weight excluding hydrogens is 350 g/mol. The molecular formula is C23H27N3O2. The van der Waals surface area contributed by atoms with Gasteiger partial charge in [-0.15, -0.1) is 0 Å². The zero-order valence-electron chi connectivity index (χ0n) is 17.1. The van der Waals surface area contributed by atoms with Crippen LogP contribution < -0.4 is 10.1 Å². The van der Waals surface area contributed by atoms with Crippen LogP contribution in [0.2, 0.25) is 0 Å². The number of rotatable bonds is 5. The van der Waals surface area contributed by atoms with E-state index in [1.165, 1.54) is 5.56 Å². The zero-order chi connectivity index (χ0) is 20.3. The minimum Gasteiger partial charge on any atom is -0.497 e. The molecule has 0 radical (unpaired) electrons. The molecule has 0 aliphatic heterocycles. The molecule has 3 aromatic rings. The van der Waals surface area contributed by atoms with E-state index >= 15 is 0 Å². The first-order valence-corrected chi connectivity index (χ1v) is 9.36. The maximum atomic E-state index is 12.6. The van der Waals surface area contributed by atoms with Crippen LogP contribution in [0.4, 0.5) is 5.69 Å². The molecule has 0 aliphatic rings. The standard InChI is InChI=1S/C23H27N3O2/c1-15-21(24-20(27)14-16-7-6-8-19(13-16)28-5)22(26-25-15)17-9-11-18(12-10-17)23(2,3)4/h6-13H,14H2,1-5H3,(H,24,27)(H,25,26). The van der Waals surface area contributed by atoms with Crippen LogP contribution in [-0.2, 0) is 16.6 Å². The zero-order valence-corrected chi connectivity index (χ0v) is 17.1. The molecule has 146 valence electrons. The summed E-state index contributed by atoms with van der Waals surface area (Å²) in [4.78, 5) is 12.6. The first-order valence-electron chi connectivity index (χ1n) is 9.36. The summed E-state index contributed by atoms with van der Waals surface area (Å²) in [6, 6.07) is 15.8. The van der Waals surface area contributed by atoms with Crippen molar-refractivity contribution in [2.24, 2.45) is 0 Å². The van der Waals surface area contributed by atoms with Crippen LogP contribution in [0.1, 0.15) is 37.6 Å². The fourth-order valence-electron chi connectivity index (χ4n) is 3.07. The Bertz CT molecular complexity index is 966. The minimum absolute atomic E-state index is 0.0911. The summed E-state index contributed by atoms with van der Waals surface area (Å²) >= 11 is 0. The van der Waals surface area contributed by atoms with E-state index in [4.69, 9.17) is 4.74 Å². The lowest BCUT2D eigenvalue weighted by Crippen LogP contribution is -2.15. The number of nitrogens with zero attached hydrogens (tertiary/aromatic N) is 1. The molecule has 2 aromatic carbocycles. The third-order valence-electron chi connectivity index (χ3n) is 4.73. The Morgan fingerprint density at radius 1 is 1.14 bits per heavy atom. The number of aromatic amines is 1. The third kappa shape index (κ3) is 4.42. The summed E-state index contributed by atoms with van der Waals surface area (Å²) in [7, 11) is 1.62. The average molecular weight is 377 g/mol. The first kappa shape index (κ1) is 19.7. The normalized spacial score (nSPS) is 11.3. The molecule has 2 N–H and O–H groups in total. The topological polar surface area (TPSA) is 67.0 Å². The van der Waals surface area contributed by atoms with Crippen LogP contribution in [0.25, 0.3) is 11.3 Å². The fourth-order valence-corrected chi connectivity index (χ4v) is 3.07. The predicted molar refractivity (Wildman–Crippen MR) is 113 cm³/mol. The van der Waals surface area contributed by atoms with E-state index in [0.29, 0.717) is 0 Å². The maximum absolute atomic E-state index is 12.6. The predicted octanol–water partition coefficient (Wildman–Crippen LogP) is 4.87. The molecule has 0 atom stereocenters. The van der Waals surface area contributed by atoms with E-state index in [9.17, 15) is 4.79 Å². The molecule has 5 heteroatoms. The fraction of sp³-hybridized carbons (Fsp3) is 0.304. The van der Waals surface area contributed by atoms with E-state index < -0.39 is 0 Å². The van der Waals surface area contributed by atoms with Gasteiger partial charge in [0.2, 0.25) is 5.91 Å². The lowest BCUT2D eigenvalue weighted by Gasteiger charge is -2.19. The van der Waals surface area contributed by atoms with Gasteiger partial charge >= 0.3 is 0 Å². The third-order valence-corrected chi connectivity index (χ3v) is 4.73. The van der Waals surface area contributed by atoms with Gasteiger partial charge in [-0.25, -0.2) is 0 Å². The molecule has 28 heavy (non-hydrogen) atoms. The number of ether oxygens (including phenoxy) is 1. The van der Waals surface area contributed by atoms with E-state index in [0.717, 1.165) is 34.0 Å². The minimum atomic E-state index is -0.0923. The second-order valence-corrected chi connectivity index (χ2v) is 7.98. The number of hydrogen-bond acceptors (Lipinski definition) is 3. The smallest absolute Gasteiger partial charge is 0.228 e. The second kappa shape index (κ2) is 7.89. The molecule has 1 amide bonds. The van der Waals surface area contributed by atoms with Crippen molar-refractivity contribution < 1.29 is 9.53 Å². The summed E-state index contributed by atoms with van der Waals surface area (Å²) in [6.07, 6.45) is 0.268. The number of nitrogens with one attached hydrogen (secondary N) is 2. The highest BCUT2D eigenvalue weighted by Gasteiger charge is 2.17. The molecule has 5 nitrogen and oxygen atoms in total. The number of anilines is 1. The van der Waals surface area contributed by atoms with Crippen molar-refractivity contribution >= 4 is 11.6 Å². The highest BCUT2D eigenvalue weighted by Crippen LogP contribution is 2.31. The Hall–Kier alpha value is -3.08. The van der Waals surface area contributed by atoms with Crippen LogP contribution in [-0.4, -0.2) is 23.2 Å².